The van der Waals surface area contributed by atoms with Gasteiger partial charge in [-0.1, -0.05) is 0 Å². The summed E-state index contributed by atoms with van der Waals surface area (Å²) < 4.78 is 0.902. The molecule has 2 fully saturated rings. The van der Waals surface area contributed by atoms with E-state index in [-0.39, 0.29) is 5.91 Å². The second-order valence-corrected chi connectivity index (χ2v) is 6.50. The lowest BCUT2D eigenvalue weighted by molar-refractivity contribution is 0.0602. The molecule has 0 radical (unpaired) electrons. The summed E-state index contributed by atoms with van der Waals surface area (Å²) in [6.45, 7) is 3.96. The van der Waals surface area contributed by atoms with E-state index in [0.717, 1.165) is 43.5 Å². The van der Waals surface area contributed by atoms with E-state index >= 15 is 0 Å². The van der Waals surface area contributed by atoms with Crippen molar-refractivity contribution in [2.45, 2.75) is 19.3 Å². The van der Waals surface area contributed by atoms with E-state index < -0.39 is 0 Å². The second kappa shape index (κ2) is 5.21. The molecule has 19 heavy (non-hydrogen) atoms. The van der Waals surface area contributed by atoms with Crippen molar-refractivity contribution in [1.82, 2.24) is 15.2 Å². The molecule has 0 saturated carbocycles. The van der Waals surface area contributed by atoms with E-state index in [1.54, 1.807) is 12.3 Å². The number of pyridine rings is 1. The van der Waals surface area contributed by atoms with Gasteiger partial charge in [-0.25, -0.2) is 4.98 Å². The van der Waals surface area contributed by atoms with Gasteiger partial charge in [0.2, 0.25) is 0 Å². The molecule has 3 heterocycles. The van der Waals surface area contributed by atoms with Crippen molar-refractivity contribution < 1.29 is 4.79 Å². The predicted octanol–water partition coefficient (Wildman–Crippen LogP) is 2.06. The van der Waals surface area contributed by atoms with E-state index in [4.69, 9.17) is 0 Å². The molecule has 0 unspecified atom stereocenters. The number of piperidine rings is 1. The Morgan fingerprint density at radius 1 is 1.32 bits per heavy atom. The number of likely N-dealkylation sites (tertiary alicyclic amines) is 1. The van der Waals surface area contributed by atoms with Crippen molar-refractivity contribution in [2.24, 2.45) is 5.41 Å². The van der Waals surface area contributed by atoms with Gasteiger partial charge in [-0.3, -0.25) is 4.79 Å². The van der Waals surface area contributed by atoms with Crippen LogP contribution in [0.2, 0.25) is 0 Å². The molecule has 1 N–H and O–H groups in total. The van der Waals surface area contributed by atoms with Gasteiger partial charge in [0, 0.05) is 30.3 Å². The molecular formula is C14H18BrN3O. The number of nitrogens with zero attached hydrogens (tertiary/aromatic N) is 2. The van der Waals surface area contributed by atoms with Gasteiger partial charge in [0.25, 0.3) is 5.91 Å². The summed E-state index contributed by atoms with van der Waals surface area (Å²) in [7, 11) is 0. The molecule has 0 atom stereocenters. The zero-order chi connectivity index (χ0) is 13.3. The monoisotopic (exact) mass is 323 g/mol. The molecule has 0 bridgehead atoms. The van der Waals surface area contributed by atoms with Crippen LogP contribution in [-0.2, 0) is 0 Å². The molecule has 1 spiro atoms. The van der Waals surface area contributed by atoms with Crippen LogP contribution >= 0.6 is 15.9 Å². The van der Waals surface area contributed by atoms with Crippen LogP contribution in [0.3, 0.4) is 0 Å². The summed E-state index contributed by atoms with van der Waals surface area (Å²) in [4.78, 5) is 18.5. The van der Waals surface area contributed by atoms with Crippen LogP contribution in [0.25, 0.3) is 0 Å². The SMILES string of the molecule is O=C(c1ccc(Br)cn1)N1CCC2(CCNC2)CC1. The van der Waals surface area contributed by atoms with Crippen molar-refractivity contribution in [3.8, 4) is 0 Å². The first-order valence-electron chi connectivity index (χ1n) is 6.80. The molecule has 2 aliphatic rings. The Hall–Kier alpha value is -0.940. The summed E-state index contributed by atoms with van der Waals surface area (Å²) in [5.41, 5.74) is 0.993. The van der Waals surface area contributed by atoms with Crippen molar-refractivity contribution in [3.05, 3.63) is 28.5 Å². The molecule has 0 aliphatic carbocycles. The maximum absolute atomic E-state index is 12.3. The van der Waals surface area contributed by atoms with Crippen LogP contribution in [0.4, 0.5) is 0 Å². The number of hydrogen-bond donors (Lipinski definition) is 1. The first-order chi connectivity index (χ1) is 9.19. The van der Waals surface area contributed by atoms with Crippen molar-refractivity contribution >= 4 is 21.8 Å². The topological polar surface area (TPSA) is 45.2 Å². The van der Waals surface area contributed by atoms with Crippen molar-refractivity contribution in [2.75, 3.05) is 26.2 Å². The molecule has 2 aliphatic heterocycles. The molecule has 1 amide bonds. The largest absolute Gasteiger partial charge is 0.337 e. The van der Waals surface area contributed by atoms with E-state index in [0.29, 0.717) is 11.1 Å². The Kier molecular flexibility index (Phi) is 3.58. The Morgan fingerprint density at radius 3 is 2.68 bits per heavy atom. The Balaban J connectivity index is 1.64. The van der Waals surface area contributed by atoms with Crippen LogP contribution in [0, 0.1) is 5.41 Å². The number of amides is 1. The number of carbonyl (C=O) groups excluding carboxylic acids is 1. The molecule has 1 aromatic rings. The fourth-order valence-electron chi connectivity index (χ4n) is 3.07. The average Bonchev–Trinajstić information content (AvgIpc) is 2.88. The Morgan fingerprint density at radius 2 is 2.11 bits per heavy atom. The Bertz CT molecular complexity index is 458. The zero-order valence-electron chi connectivity index (χ0n) is 10.9. The van der Waals surface area contributed by atoms with Gasteiger partial charge < -0.3 is 10.2 Å². The number of nitrogens with one attached hydrogen (secondary N) is 1. The highest BCUT2D eigenvalue weighted by atomic mass is 79.9. The maximum Gasteiger partial charge on any atom is 0.272 e. The first kappa shape index (κ1) is 13.1. The molecule has 0 aromatic carbocycles. The van der Waals surface area contributed by atoms with Crippen molar-refractivity contribution in [3.63, 3.8) is 0 Å². The van der Waals surface area contributed by atoms with Gasteiger partial charge in [-0.15, -0.1) is 0 Å². The van der Waals surface area contributed by atoms with Crippen LogP contribution in [0.1, 0.15) is 29.8 Å². The van der Waals surface area contributed by atoms with Gasteiger partial charge in [0.15, 0.2) is 0 Å². The van der Waals surface area contributed by atoms with Gasteiger partial charge in [0.05, 0.1) is 0 Å². The number of halogens is 1. The number of rotatable bonds is 1. The third-order valence-electron chi connectivity index (χ3n) is 4.39. The fraction of sp³-hybridized carbons (Fsp3) is 0.571. The second-order valence-electron chi connectivity index (χ2n) is 5.58. The summed E-state index contributed by atoms with van der Waals surface area (Å²) in [6, 6.07) is 3.65. The van der Waals surface area contributed by atoms with Gasteiger partial charge in [-0.05, 0) is 59.3 Å². The average molecular weight is 324 g/mol. The number of carbonyl (C=O) groups is 1. The highest BCUT2D eigenvalue weighted by Crippen LogP contribution is 2.37. The lowest BCUT2D eigenvalue weighted by Crippen LogP contribution is -2.44. The molecule has 3 rings (SSSR count). The molecular weight excluding hydrogens is 306 g/mol. The van der Waals surface area contributed by atoms with E-state index in [2.05, 4.69) is 26.2 Å². The molecule has 2 saturated heterocycles. The number of aromatic nitrogens is 1. The third kappa shape index (κ3) is 2.67. The van der Waals surface area contributed by atoms with E-state index in [1.165, 1.54) is 6.42 Å². The summed E-state index contributed by atoms with van der Waals surface area (Å²) in [6.07, 6.45) is 5.16. The summed E-state index contributed by atoms with van der Waals surface area (Å²) >= 11 is 3.34. The minimum absolute atomic E-state index is 0.0632. The molecule has 5 heteroatoms. The molecule has 102 valence electrons. The van der Waals surface area contributed by atoms with Gasteiger partial charge >= 0.3 is 0 Å². The normalized spacial score (nSPS) is 21.8. The van der Waals surface area contributed by atoms with Crippen LogP contribution < -0.4 is 5.32 Å². The third-order valence-corrected chi connectivity index (χ3v) is 4.86. The van der Waals surface area contributed by atoms with E-state index in [9.17, 15) is 4.79 Å². The summed E-state index contributed by atoms with van der Waals surface area (Å²) in [5, 5.41) is 3.44. The van der Waals surface area contributed by atoms with Crippen LogP contribution in [-0.4, -0.2) is 42.0 Å². The van der Waals surface area contributed by atoms with Gasteiger partial charge in [0.1, 0.15) is 5.69 Å². The van der Waals surface area contributed by atoms with Crippen LogP contribution in [0.15, 0.2) is 22.8 Å². The van der Waals surface area contributed by atoms with Crippen LogP contribution in [0.5, 0.6) is 0 Å². The predicted molar refractivity (Wildman–Crippen MR) is 77.0 cm³/mol. The standard InChI is InChI=1S/C14H18BrN3O/c15-11-1-2-12(17-9-11)13(19)18-7-4-14(5-8-18)3-6-16-10-14/h1-2,9,16H,3-8,10H2. The lowest BCUT2D eigenvalue weighted by Gasteiger charge is -2.38. The van der Waals surface area contributed by atoms with Crippen molar-refractivity contribution in [1.29, 1.82) is 0 Å². The Labute approximate surface area is 121 Å². The zero-order valence-corrected chi connectivity index (χ0v) is 12.4. The smallest absolute Gasteiger partial charge is 0.272 e. The minimum Gasteiger partial charge on any atom is -0.337 e. The highest BCUT2D eigenvalue weighted by Gasteiger charge is 2.38. The quantitative estimate of drug-likeness (QED) is 0.860. The maximum atomic E-state index is 12.3. The fourth-order valence-corrected chi connectivity index (χ4v) is 3.31. The first-order valence-corrected chi connectivity index (χ1v) is 7.59. The van der Waals surface area contributed by atoms with Gasteiger partial charge in [-0.2, -0.15) is 0 Å². The van der Waals surface area contributed by atoms with E-state index in [1.807, 2.05) is 11.0 Å². The summed E-state index contributed by atoms with van der Waals surface area (Å²) in [5.74, 6) is 0.0632. The lowest BCUT2D eigenvalue weighted by atomic mass is 9.78. The highest BCUT2D eigenvalue weighted by molar-refractivity contribution is 9.10. The molecule has 1 aromatic heterocycles. The minimum atomic E-state index is 0.0632. The number of hydrogen-bond acceptors (Lipinski definition) is 3. The molecule has 4 nitrogen and oxygen atoms in total.